The Balaban J connectivity index is 1.31. The van der Waals surface area contributed by atoms with Crippen LogP contribution < -0.4 is 4.74 Å². The summed E-state index contributed by atoms with van der Waals surface area (Å²) in [5.74, 6) is 0.696. The number of hydrogen-bond donors (Lipinski definition) is 1. The standard InChI is InChI=1S/C24H25N3O3/c1-30-18-7-8-21-19(12-18)20-15-26(10-9-22(20)25-21)24(29)17-11-23(28)27(14-17)13-16-5-3-2-4-6-16/h2-8,12,17,25H,9-11,13-15H2,1H3/t17-/m0/s1. The number of nitrogens with one attached hydrogen (secondary N) is 1. The number of ether oxygens (including phenoxy) is 1. The van der Waals surface area contributed by atoms with E-state index in [-0.39, 0.29) is 17.7 Å². The second kappa shape index (κ2) is 7.52. The first-order chi connectivity index (χ1) is 14.6. The van der Waals surface area contributed by atoms with E-state index in [1.807, 2.05) is 58.3 Å². The Labute approximate surface area is 175 Å². The number of aromatic amines is 1. The molecule has 1 atom stereocenters. The Hall–Kier alpha value is -3.28. The van der Waals surface area contributed by atoms with Gasteiger partial charge in [-0.1, -0.05) is 30.3 Å². The van der Waals surface area contributed by atoms with Crippen molar-refractivity contribution in [3.05, 3.63) is 65.4 Å². The van der Waals surface area contributed by atoms with Crippen LogP contribution in [0.3, 0.4) is 0 Å². The number of rotatable bonds is 4. The van der Waals surface area contributed by atoms with E-state index in [1.54, 1.807) is 7.11 Å². The Morgan fingerprint density at radius 3 is 2.83 bits per heavy atom. The molecule has 6 nitrogen and oxygen atoms in total. The maximum Gasteiger partial charge on any atom is 0.228 e. The van der Waals surface area contributed by atoms with Gasteiger partial charge in [0.2, 0.25) is 11.8 Å². The molecule has 2 aromatic carbocycles. The Bertz CT molecular complexity index is 1110. The van der Waals surface area contributed by atoms with Gasteiger partial charge in [-0.15, -0.1) is 0 Å². The number of aromatic nitrogens is 1. The van der Waals surface area contributed by atoms with Crippen molar-refractivity contribution in [2.75, 3.05) is 20.2 Å². The lowest BCUT2D eigenvalue weighted by atomic mass is 10.0. The number of nitrogens with zero attached hydrogens (tertiary/aromatic N) is 2. The summed E-state index contributed by atoms with van der Waals surface area (Å²) in [5, 5.41) is 1.11. The van der Waals surface area contributed by atoms with Crippen LogP contribution in [-0.2, 0) is 29.1 Å². The molecule has 6 heteroatoms. The first-order valence-electron chi connectivity index (χ1n) is 10.4. The summed E-state index contributed by atoms with van der Waals surface area (Å²) in [6, 6.07) is 15.9. The Morgan fingerprint density at radius 1 is 1.20 bits per heavy atom. The number of fused-ring (bicyclic) bond motifs is 3. The molecule has 3 heterocycles. The number of methoxy groups -OCH3 is 1. The van der Waals surface area contributed by atoms with Gasteiger partial charge < -0.3 is 19.5 Å². The van der Waals surface area contributed by atoms with Crippen LogP contribution in [0, 0.1) is 5.92 Å². The molecule has 2 aliphatic rings. The van der Waals surface area contributed by atoms with Crippen molar-refractivity contribution in [2.24, 2.45) is 5.92 Å². The van der Waals surface area contributed by atoms with E-state index in [1.165, 1.54) is 5.69 Å². The molecule has 1 saturated heterocycles. The summed E-state index contributed by atoms with van der Waals surface area (Å²) in [7, 11) is 1.66. The van der Waals surface area contributed by atoms with Crippen molar-refractivity contribution < 1.29 is 14.3 Å². The molecule has 0 aliphatic carbocycles. The van der Waals surface area contributed by atoms with Gasteiger partial charge in [-0.3, -0.25) is 9.59 Å². The minimum atomic E-state index is -0.262. The highest BCUT2D eigenvalue weighted by Crippen LogP contribution is 2.32. The van der Waals surface area contributed by atoms with Crippen molar-refractivity contribution >= 4 is 22.7 Å². The SMILES string of the molecule is COc1ccc2[nH]c3c(c2c1)CN(C(=O)[C@H]1CC(=O)N(Cc2ccccc2)C1)CC3. The van der Waals surface area contributed by atoms with Crippen molar-refractivity contribution in [2.45, 2.75) is 25.9 Å². The molecule has 154 valence electrons. The van der Waals surface area contributed by atoms with Gasteiger partial charge in [-0.05, 0) is 23.8 Å². The number of amides is 2. The zero-order chi connectivity index (χ0) is 20.7. The fourth-order valence-electron chi connectivity index (χ4n) is 4.66. The molecule has 0 spiro atoms. The normalized spacial score (nSPS) is 18.7. The summed E-state index contributed by atoms with van der Waals surface area (Å²) < 4.78 is 5.37. The molecular weight excluding hydrogens is 378 g/mol. The monoisotopic (exact) mass is 403 g/mol. The van der Waals surface area contributed by atoms with Crippen molar-refractivity contribution in [1.82, 2.24) is 14.8 Å². The van der Waals surface area contributed by atoms with Gasteiger partial charge in [0.05, 0.1) is 13.0 Å². The minimum Gasteiger partial charge on any atom is -0.497 e. The molecule has 1 fully saturated rings. The lowest BCUT2D eigenvalue weighted by molar-refractivity contribution is -0.136. The van der Waals surface area contributed by atoms with Crippen LogP contribution in [0.25, 0.3) is 10.9 Å². The maximum absolute atomic E-state index is 13.2. The van der Waals surface area contributed by atoms with E-state index >= 15 is 0 Å². The molecular formula is C24H25N3O3. The molecule has 2 aliphatic heterocycles. The summed E-state index contributed by atoms with van der Waals surface area (Å²) >= 11 is 0. The molecule has 1 N–H and O–H groups in total. The van der Waals surface area contributed by atoms with Crippen LogP contribution in [0.4, 0.5) is 0 Å². The van der Waals surface area contributed by atoms with Crippen LogP contribution in [-0.4, -0.2) is 46.8 Å². The van der Waals surface area contributed by atoms with Gasteiger partial charge in [0.25, 0.3) is 0 Å². The van der Waals surface area contributed by atoms with E-state index in [2.05, 4.69) is 4.98 Å². The fraction of sp³-hybridized carbons (Fsp3) is 0.333. The van der Waals surface area contributed by atoms with E-state index < -0.39 is 0 Å². The van der Waals surface area contributed by atoms with Crippen LogP contribution in [0.2, 0.25) is 0 Å². The number of hydrogen-bond acceptors (Lipinski definition) is 3. The van der Waals surface area contributed by atoms with E-state index in [4.69, 9.17) is 4.74 Å². The molecule has 0 saturated carbocycles. The number of H-pyrrole nitrogens is 1. The molecule has 1 aromatic heterocycles. The quantitative estimate of drug-likeness (QED) is 0.728. The van der Waals surface area contributed by atoms with E-state index in [0.29, 0.717) is 32.6 Å². The lowest BCUT2D eigenvalue weighted by Gasteiger charge is -2.29. The van der Waals surface area contributed by atoms with Crippen LogP contribution in [0.15, 0.2) is 48.5 Å². The zero-order valence-corrected chi connectivity index (χ0v) is 17.1. The molecule has 0 bridgehead atoms. The molecule has 2 amide bonds. The van der Waals surface area contributed by atoms with Gasteiger partial charge in [0.1, 0.15) is 5.75 Å². The third kappa shape index (κ3) is 3.32. The van der Waals surface area contributed by atoms with Crippen molar-refractivity contribution in [1.29, 1.82) is 0 Å². The summed E-state index contributed by atoms with van der Waals surface area (Å²) in [5.41, 5.74) is 4.51. The summed E-state index contributed by atoms with van der Waals surface area (Å²) in [4.78, 5) is 33.0. The Kier molecular flexibility index (Phi) is 4.69. The van der Waals surface area contributed by atoms with Crippen molar-refractivity contribution in [3.63, 3.8) is 0 Å². The molecule has 30 heavy (non-hydrogen) atoms. The summed E-state index contributed by atoms with van der Waals surface area (Å²) in [6.07, 6.45) is 1.10. The average Bonchev–Trinajstić information content (AvgIpc) is 3.33. The highest BCUT2D eigenvalue weighted by atomic mass is 16.5. The predicted molar refractivity (Wildman–Crippen MR) is 114 cm³/mol. The van der Waals surface area contributed by atoms with Gasteiger partial charge in [-0.25, -0.2) is 0 Å². The van der Waals surface area contributed by atoms with E-state index in [0.717, 1.165) is 34.2 Å². The Morgan fingerprint density at radius 2 is 2.03 bits per heavy atom. The number of carbonyl (C=O) groups is 2. The average molecular weight is 403 g/mol. The van der Waals surface area contributed by atoms with Gasteiger partial charge >= 0.3 is 0 Å². The number of carbonyl (C=O) groups excluding carboxylic acids is 2. The topological polar surface area (TPSA) is 65.6 Å². The minimum absolute atomic E-state index is 0.0618. The zero-order valence-electron chi connectivity index (χ0n) is 17.1. The van der Waals surface area contributed by atoms with Crippen LogP contribution in [0.1, 0.15) is 23.2 Å². The van der Waals surface area contributed by atoms with Gasteiger partial charge in [-0.2, -0.15) is 0 Å². The van der Waals surface area contributed by atoms with E-state index in [9.17, 15) is 9.59 Å². The third-order valence-corrected chi connectivity index (χ3v) is 6.27. The smallest absolute Gasteiger partial charge is 0.228 e. The lowest BCUT2D eigenvalue weighted by Crippen LogP contribution is -2.40. The molecule has 5 rings (SSSR count). The second-order valence-electron chi connectivity index (χ2n) is 8.16. The first kappa shape index (κ1) is 18.7. The summed E-state index contributed by atoms with van der Waals surface area (Å²) in [6.45, 7) is 2.32. The third-order valence-electron chi connectivity index (χ3n) is 6.27. The first-order valence-corrected chi connectivity index (χ1v) is 10.4. The van der Waals surface area contributed by atoms with Gasteiger partial charge in [0, 0.05) is 61.2 Å². The number of benzene rings is 2. The van der Waals surface area contributed by atoms with Crippen LogP contribution >= 0.6 is 0 Å². The highest BCUT2D eigenvalue weighted by molar-refractivity contribution is 5.91. The molecule has 0 radical (unpaired) electrons. The van der Waals surface area contributed by atoms with Crippen molar-refractivity contribution in [3.8, 4) is 5.75 Å². The van der Waals surface area contributed by atoms with Crippen LogP contribution in [0.5, 0.6) is 5.75 Å². The fourth-order valence-corrected chi connectivity index (χ4v) is 4.66. The highest BCUT2D eigenvalue weighted by Gasteiger charge is 2.37. The predicted octanol–water partition coefficient (Wildman–Crippen LogP) is 3.11. The largest absolute Gasteiger partial charge is 0.497 e. The molecule has 3 aromatic rings. The maximum atomic E-state index is 13.2. The number of likely N-dealkylation sites (tertiary alicyclic amines) is 1. The second-order valence-corrected chi connectivity index (χ2v) is 8.16. The van der Waals surface area contributed by atoms with Gasteiger partial charge in [0.15, 0.2) is 0 Å². The molecule has 0 unspecified atom stereocenters.